The molecule has 0 N–H and O–H groups in total. The van der Waals surface area contributed by atoms with Gasteiger partial charge in [0.25, 0.3) is 0 Å². The molecule has 0 aromatic heterocycles. The highest BCUT2D eigenvalue weighted by molar-refractivity contribution is 6.18. The van der Waals surface area contributed by atoms with E-state index in [9.17, 15) is 4.79 Å². The monoisotopic (exact) mass is 180 g/mol. The zero-order valence-electron chi connectivity index (χ0n) is 6.80. The van der Waals surface area contributed by atoms with Gasteiger partial charge in [-0.2, -0.15) is 0 Å². The summed E-state index contributed by atoms with van der Waals surface area (Å²) >= 11 is 5.28. The Balaban J connectivity index is 3.36. The molecule has 0 bridgehead atoms. The van der Waals surface area contributed by atoms with Crippen molar-refractivity contribution in [1.82, 2.24) is 0 Å². The van der Waals surface area contributed by atoms with Crippen molar-refractivity contribution in [2.75, 3.05) is 12.5 Å². The normalized spacial score (nSPS) is 12.3. The zero-order valence-corrected chi connectivity index (χ0v) is 7.56. The van der Waals surface area contributed by atoms with Crippen molar-refractivity contribution in [3.05, 3.63) is 0 Å². The van der Waals surface area contributed by atoms with Crippen LogP contribution in [0, 0.1) is 0 Å². The van der Waals surface area contributed by atoms with Crippen molar-refractivity contribution in [2.24, 2.45) is 0 Å². The van der Waals surface area contributed by atoms with E-state index >= 15 is 0 Å². The SMILES string of the molecule is CC[C@@H](C)OC(=O)OCCCl. The molecule has 11 heavy (non-hydrogen) atoms. The summed E-state index contributed by atoms with van der Waals surface area (Å²) in [6.07, 6.45) is 0.0634. The summed E-state index contributed by atoms with van der Waals surface area (Å²) in [5.74, 6) is 0.301. The first-order valence-corrected chi connectivity index (χ1v) is 4.13. The van der Waals surface area contributed by atoms with E-state index in [4.69, 9.17) is 16.3 Å². The minimum atomic E-state index is -0.639. The molecule has 0 amide bonds. The lowest BCUT2D eigenvalue weighted by Gasteiger charge is -2.09. The summed E-state index contributed by atoms with van der Waals surface area (Å²) in [5, 5.41) is 0. The second kappa shape index (κ2) is 6.28. The molecule has 1 atom stereocenters. The standard InChI is InChI=1S/C7H13ClO3/c1-3-6(2)11-7(9)10-5-4-8/h6H,3-5H2,1-2H3/t6-/m1/s1. The third-order valence-corrected chi connectivity index (χ3v) is 1.32. The Labute approximate surface area is 71.6 Å². The first kappa shape index (κ1) is 10.6. The van der Waals surface area contributed by atoms with Crippen LogP contribution in [0.25, 0.3) is 0 Å². The van der Waals surface area contributed by atoms with Gasteiger partial charge in [0.05, 0.1) is 5.88 Å². The summed E-state index contributed by atoms with van der Waals surface area (Å²) in [4.78, 5) is 10.7. The van der Waals surface area contributed by atoms with Crippen LogP contribution in [0.2, 0.25) is 0 Å². The predicted octanol–water partition coefficient (Wildman–Crippen LogP) is 2.18. The maximum Gasteiger partial charge on any atom is 0.508 e. The quantitative estimate of drug-likeness (QED) is 0.492. The molecule has 0 aromatic carbocycles. The van der Waals surface area contributed by atoms with Crippen molar-refractivity contribution >= 4 is 17.8 Å². The topological polar surface area (TPSA) is 35.5 Å². The number of alkyl halides is 1. The Morgan fingerprint density at radius 2 is 2.27 bits per heavy atom. The van der Waals surface area contributed by atoms with Crippen molar-refractivity contribution in [2.45, 2.75) is 26.4 Å². The Bertz CT molecular complexity index is 116. The van der Waals surface area contributed by atoms with Crippen LogP contribution in [0.15, 0.2) is 0 Å². The molecule has 0 aromatic rings. The molecule has 0 heterocycles. The molecule has 0 unspecified atom stereocenters. The largest absolute Gasteiger partial charge is 0.508 e. The summed E-state index contributed by atoms with van der Waals surface area (Å²) in [7, 11) is 0. The van der Waals surface area contributed by atoms with E-state index in [2.05, 4.69) is 4.74 Å². The summed E-state index contributed by atoms with van der Waals surface area (Å²) < 4.78 is 9.35. The third-order valence-electron chi connectivity index (χ3n) is 1.17. The molecule has 0 radical (unpaired) electrons. The van der Waals surface area contributed by atoms with E-state index < -0.39 is 6.16 Å². The second-order valence-corrected chi connectivity index (χ2v) is 2.50. The smallest absolute Gasteiger partial charge is 0.433 e. The van der Waals surface area contributed by atoms with E-state index in [1.807, 2.05) is 13.8 Å². The molecule has 0 fully saturated rings. The maximum atomic E-state index is 10.7. The third kappa shape index (κ3) is 5.98. The lowest BCUT2D eigenvalue weighted by Crippen LogP contribution is -2.15. The highest BCUT2D eigenvalue weighted by Crippen LogP contribution is 1.98. The van der Waals surface area contributed by atoms with Gasteiger partial charge in [0.1, 0.15) is 12.7 Å². The number of ether oxygens (including phenoxy) is 2. The number of hydrogen-bond acceptors (Lipinski definition) is 3. The number of carbonyl (C=O) groups is 1. The average molecular weight is 181 g/mol. The van der Waals surface area contributed by atoms with Gasteiger partial charge in [-0.3, -0.25) is 0 Å². The van der Waals surface area contributed by atoms with Gasteiger partial charge in [0.15, 0.2) is 0 Å². The minimum absolute atomic E-state index is 0.0853. The Morgan fingerprint density at radius 3 is 2.73 bits per heavy atom. The van der Waals surface area contributed by atoms with Gasteiger partial charge >= 0.3 is 6.16 Å². The lowest BCUT2D eigenvalue weighted by molar-refractivity contribution is 0.0316. The Hall–Kier alpha value is -0.440. The van der Waals surface area contributed by atoms with Crippen LogP contribution in [0.3, 0.4) is 0 Å². The number of carbonyl (C=O) groups excluding carboxylic acids is 1. The molecule has 0 spiro atoms. The van der Waals surface area contributed by atoms with E-state index in [1.165, 1.54) is 0 Å². The van der Waals surface area contributed by atoms with E-state index in [1.54, 1.807) is 0 Å². The second-order valence-electron chi connectivity index (χ2n) is 2.12. The van der Waals surface area contributed by atoms with Crippen molar-refractivity contribution in [3.63, 3.8) is 0 Å². The Kier molecular flexibility index (Phi) is 6.03. The highest BCUT2D eigenvalue weighted by Gasteiger charge is 2.07. The summed E-state index contributed by atoms with van der Waals surface area (Å²) in [6, 6.07) is 0. The summed E-state index contributed by atoms with van der Waals surface area (Å²) in [6.45, 7) is 3.94. The fourth-order valence-corrected chi connectivity index (χ4v) is 0.481. The van der Waals surface area contributed by atoms with Crippen LogP contribution in [0.5, 0.6) is 0 Å². The number of hydrogen-bond donors (Lipinski definition) is 0. The van der Waals surface area contributed by atoms with E-state index in [0.29, 0.717) is 5.88 Å². The fraction of sp³-hybridized carbons (Fsp3) is 0.857. The van der Waals surface area contributed by atoms with Crippen LogP contribution in [-0.2, 0) is 9.47 Å². The molecule has 0 rings (SSSR count). The van der Waals surface area contributed by atoms with E-state index in [0.717, 1.165) is 6.42 Å². The minimum Gasteiger partial charge on any atom is -0.433 e. The molecular formula is C7H13ClO3. The van der Waals surface area contributed by atoms with Gasteiger partial charge in [0, 0.05) is 0 Å². The van der Waals surface area contributed by atoms with Crippen LogP contribution < -0.4 is 0 Å². The molecule has 66 valence electrons. The van der Waals surface area contributed by atoms with Crippen LogP contribution in [-0.4, -0.2) is 24.7 Å². The molecule has 0 aliphatic rings. The molecular weight excluding hydrogens is 168 g/mol. The van der Waals surface area contributed by atoms with Crippen LogP contribution in [0.4, 0.5) is 4.79 Å². The van der Waals surface area contributed by atoms with Gasteiger partial charge in [-0.25, -0.2) is 4.79 Å². The maximum absolute atomic E-state index is 10.7. The van der Waals surface area contributed by atoms with Crippen molar-refractivity contribution in [1.29, 1.82) is 0 Å². The van der Waals surface area contributed by atoms with Crippen LogP contribution in [0.1, 0.15) is 20.3 Å². The van der Waals surface area contributed by atoms with Gasteiger partial charge in [0.2, 0.25) is 0 Å². The van der Waals surface area contributed by atoms with Gasteiger partial charge in [-0.1, -0.05) is 6.92 Å². The number of halogens is 1. The average Bonchev–Trinajstić information content (AvgIpc) is 2.00. The fourth-order valence-electron chi connectivity index (χ4n) is 0.404. The van der Waals surface area contributed by atoms with E-state index in [-0.39, 0.29) is 12.7 Å². The lowest BCUT2D eigenvalue weighted by atomic mass is 10.3. The summed E-state index contributed by atoms with van der Waals surface area (Å²) in [5.41, 5.74) is 0. The molecule has 0 saturated carbocycles. The van der Waals surface area contributed by atoms with Crippen molar-refractivity contribution < 1.29 is 14.3 Å². The molecule has 0 aliphatic heterocycles. The molecule has 0 saturated heterocycles. The molecule has 3 nitrogen and oxygen atoms in total. The van der Waals surface area contributed by atoms with Gasteiger partial charge in [-0.05, 0) is 13.3 Å². The molecule has 4 heteroatoms. The van der Waals surface area contributed by atoms with Crippen LogP contribution >= 0.6 is 11.6 Å². The predicted molar refractivity (Wildman–Crippen MR) is 42.9 cm³/mol. The van der Waals surface area contributed by atoms with Gasteiger partial charge in [-0.15, -0.1) is 11.6 Å². The van der Waals surface area contributed by atoms with Crippen molar-refractivity contribution in [3.8, 4) is 0 Å². The first-order chi connectivity index (χ1) is 5.20. The molecule has 0 aliphatic carbocycles. The number of rotatable bonds is 4. The Morgan fingerprint density at radius 1 is 1.64 bits per heavy atom. The zero-order chi connectivity index (χ0) is 8.69. The van der Waals surface area contributed by atoms with Gasteiger partial charge < -0.3 is 9.47 Å². The first-order valence-electron chi connectivity index (χ1n) is 3.60. The highest BCUT2D eigenvalue weighted by atomic mass is 35.5.